The van der Waals surface area contributed by atoms with Crippen molar-refractivity contribution in [2.75, 3.05) is 51.8 Å². The van der Waals surface area contributed by atoms with Crippen LogP contribution in [0.5, 0.6) is 11.5 Å². The van der Waals surface area contributed by atoms with Gasteiger partial charge in [-0.2, -0.15) is 4.98 Å². The van der Waals surface area contributed by atoms with Crippen LogP contribution in [-0.4, -0.2) is 83.3 Å². The number of benzene rings is 2. The largest absolute Gasteiger partial charge is 0.497 e. The van der Waals surface area contributed by atoms with Gasteiger partial charge in [-0.25, -0.2) is 9.97 Å². The van der Waals surface area contributed by atoms with E-state index in [0.29, 0.717) is 36.2 Å². The molecule has 1 unspecified atom stereocenters. The number of halogens is 1. The number of nitrogens with one attached hydrogen (secondary N) is 1. The molecule has 0 saturated carbocycles. The summed E-state index contributed by atoms with van der Waals surface area (Å²) in [6.07, 6.45) is 8.40. The lowest BCUT2D eigenvalue weighted by Crippen LogP contribution is -2.59. The fourth-order valence-corrected chi connectivity index (χ4v) is 5.22. The van der Waals surface area contributed by atoms with Gasteiger partial charge in [-0.3, -0.25) is 14.3 Å². The molecule has 0 bridgehead atoms. The zero-order valence-corrected chi connectivity index (χ0v) is 24.0. The number of hydrogen-bond acceptors (Lipinski definition) is 8. The molecule has 41 heavy (non-hydrogen) atoms. The van der Waals surface area contributed by atoms with Crippen molar-refractivity contribution in [3.8, 4) is 17.4 Å². The molecular weight excluding hydrogens is 542 g/mol. The van der Waals surface area contributed by atoms with E-state index in [0.717, 1.165) is 43.2 Å². The molecule has 1 amide bonds. The molecule has 1 aliphatic rings. The van der Waals surface area contributed by atoms with Gasteiger partial charge in [-0.1, -0.05) is 29.8 Å². The average molecular weight is 576 g/mol. The van der Waals surface area contributed by atoms with E-state index >= 15 is 0 Å². The Kier molecular flexibility index (Phi) is 9.33. The van der Waals surface area contributed by atoms with Crippen LogP contribution in [0.25, 0.3) is 5.95 Å². The summed E-state index contributed by atoms with van der Waals surface area (Å²) < 4.78 is 12.3. The lowest BCUT2D eigenvalue weighted by atomic mass is 10.1. The summed E-state index contributed by atoms with van der Waals surface area (Å²) in [6.45, 7) is 3.26. The standard InChI is InChI=1S/C30H34ClN7O3/c1-40-24-6-3-22(4-7-24)11-15-36-17-18-37(28-10-13-34-30(35-28)38-16-14-32-21-38)20-26(36)29(39)33-12-9-23-5-8-27(41-2)25(31)19-23/h3-8,10,13-14,16,19,21,26H,9,11-12,15,17-18,20H2,1-2H3,(H,33,39). The van der Waals surface area contributed by atoms with E-state index in [2.05, 4.69) is 37.2 Å². The van der Waals surface area contributed by atoms with Gasteiger partial charge in [0.1, 0.15) is 29.7 Å². The van der Waals surface area contributed by atoms with E-state index in [1.807, 2.05) is 42.6 Å². The number of aromatic nitrogens is 4. The number of imidazole rings is 1. The zero-order chi connectivity index (χ0) is 28.6. The molecule has 1 aliphatic heterocycles. The Bertz CT molecular complexity index is 1430. The Hall–Kier alpha value is -4.15. The van der Waals surface area contributed by atoms with Gasteiger partial charge < -0.3 is 19.7 Å². The Morgan fingerprint density at radius 2 is 1.85 bits per heavy atom. The number of amides is 1. The van der Waals surface area contributed by atoms with Crippen molar-refractivity contribution in [3.05, 3.63) is 89.6 Å². The summed E-state index contributed by atoms with van der Waals surface area (Å²) in [5.74, 6) is 2.78. The van der Waals surface area contributed by atoms with E-state index < -0.39 is 0 Å². The van der Waals surface area contributed by atoms with E-state index in [9.17, 15) is 4.79 Å². The minimum absolute atomic E-state index is 0.00655. The zero-order valence-electron chi connectivity index (χ0n) is 23.2. The van der Waals surface area contributed by atoms with Gasteiger partial charge >= 0.3 is 0 Å². The number of piperazine rings is 1. The normalized spacial score (nSPS) is 15.5. The molecule has 1 atom stereocenters. The first-order chi connectivity index (χ1) is 20.0. The van der Waals surface area contributed by atoms with Crippen LogP contribution in [0.2, 0.25) is 5.02 Å². The maximum absolute atomic E-state index is 13.6. The van der Waals surface area contributed by atoms with Crippen LogP contribution in [0.3, 0.4) is 0 Å². The molecule has 4 aromatic rings. The molecule has 3 heterocycles. The molecule has 10 nitrogen and oxygen atoms in total. The molecular formula is C30H34ClN7O3. The highest BCUT2D eigenvalue weighted by Gasteiger charge is 2.32. The third-order valence-corrected chi connectivity index (χ3v) is 7.55. The van der Waals surface area contributed by atoms with E-state index in [4.69, 9.17) is 26.1 Å². The Morgan fingerprint density at radius 1 is 1.02 bits per heavy atom. The van der Waals surface area contributed by atoms with Crippen LogP contribution in [0.4, 0.5) is 5.82 Å². The van der Waals surface area contributed by atoms with E-state index in [1.165, 1.54) is 5.56 Å². The van der Waals surface area contributed by atoms with Crippen molar-refractivity contribution in [1.82, 2.24) is 29.7 Å². The molecule has 5 rings (SSSR count). The predicted molar refractivity (Wildman–Crippen MR) is 158 cm³/mol. The molecule has 0 radical (unpaired) electrons. The van der Waals surface area contributed by atoms with Crippen molar-refractivity contribution < 1.29 is 14.3 Å². The first-order valence-electron chi connectivity index (χ1n) is 13.6. The van der Waals surface area contributed by atoms with Crippen molar-refractivity contribution in [1.29, 1.82) is 0 Å². The van der Waals surface area contributed by atoms with Gasteiger partial charge in [-0.05, 0) is 54.3 Å². The highest BCUT2D eigenvalue weighted by molar-refractivity contribution is 6.32. The summed E-state index contributed by atoms with van der Waals surface area (Å²) in [6, 6.07) is 15.3. The Morgan fingerprint density at radius 3 is 2.59 bits per heavy atom. The SMILES string of the molecule is COc1ccc(CCN2CCN(c3ccnc(-n4ccnc4)n3)CC2C(=O)NCCc2ccc(OC)c(Cl)c2)cc1. The molecule has 214 valence electrons. The molecule has 1 saturated heterocycles. The maximum Gasteiger partial charge on any atom is 0.239 e. The summed E-state index contributed by atoms with van der Waals surface area (Å²) in [7, 11) is 3.26. The molecule has 0 spiro atoms. The molecule has 2 aromatic heterocycles. The third kappa shape index (κ3) is 7.14. The topological polar surface area (TPSA) is 97.6 Å². The van der Waals surface area contributed by atoms with Gasteiger partial charge in [-0.15, -0.1) is 0 Å². The minimum Gasteiger partial charge on any atom is -0.497 e. The molecule has 1 fully saturated rings. The second-order valence-electron chi connectivity index (χ2n) is 9.79. The predicted octanol–water partition coefficient (Wildman–Crippen LogP) is 3.43. The van der Waals surface area contributed by atoms with Gasteiger partial charge in [0, 0.05) is 51.3 Å². The first-order valence-corrected chi connectivity index (χ1v) is 14.0. The Balaban J connectivity index is 1.27. The van der Waals surface area contributed by atoms with Crippen LogP contribution in [0.1, 0.15) is 11.1 Å². The number of hydrogen-bond donors (Lipinski definition) is 1. The fourth-order valence-electron chi connectivity index (χ4n) is 4.94. The highest BCUT2D eigenvalue weighted by Crippen LogP contribution is 2.25. The van der Waals surface area contributed by atoms with Gasteiger partial charge in [0.2, 0.25) is 11.9 Å². The summed E-state index contributed by atoms with van der Waals surface area (Å²) in [4.78, 5) is 31.2. The van der Waals surface area contributed by atoms with Crippen molar-refractivity contribution in [2.45, 2.75) is 18.9 Å². The van der Waals surface area contributed by atoms with Gasteiger partial charge in [0.05, 0.1) is 19.2 Å². The Labute approximate surface area is 244 Å². The minimum atomic E-state index is -0.340. The van der Waals surface area contributed by atoms with Crippen molar-refractivity contribution in [2.24, 2.45) is 0 Å². The lowest BCUT2D eigenvalue weighted by Gasteiger charge is -2.41. The van der Waals surface area contributed by atoms with Gasteiger partial charge in [0.15, 0.2) is 0 Å². The molecule has 1 N–H and O–H groups in total. The highest BCUT2D eigenvalue weighted by atomic mass is 35.5. The van der Waals surface area contributed by atoms with Crippen LogP contribution in [-0.2, 0) is 17.6 Å². The monoisotopic (exact) mass is 575 g/mol. The first kappa shape index (κ1) is 28.4. The number of rotatable bonds is 11. The van der Waals surface area contributed by atoms with E-state index in [1.54, 1.807) is 37.5 Å². The van der Waals surface area contributed by atoms with Crippen LogP contribution in [0.15, 0.2) is 73.4 Å². The number of carbonyl (C=O) groups is 1. The lowest BCUT2D eigenvalue weighted by molar-refractivity contribution is -0.126. The number of methoxy groups -OCH3 is 2. The number of ether oxygens (including phenoxy) is 2. The summed E-state index contributed by atoms with van der Waals surface area (Å²) >= 11 is 6.29. The quantitative estimate of drug-likeness (QED) is 0.291. The maximum atomic E-state index is 13.6. The summed E-state index contributed by atoms with van der Waals surface area (Å²) in [5.41, 5.74) is 2.23. The van der Waals surface area contributed by atoms with Gasteiger partial charge in [0.25, 0.3) is 0 Å². The molecule has 11 heteroatoms. The summed E-state index contributed by atoms with van der Waals surface area (Å²) in [5, 5.41) is 3.71. The molecule has 2 aromatic carbocycles. The number of anilines is 1. The van der Waals surface area contributed by atoms with E-state index in [-0.39, 0.29) is 11.9 Å². The number of nitrogens with zero attached hydrogens (tertiary/aromatic N) is 6. The second-order valence-corrected chi connectivity index (χ2v) is 10.2. The van der Waals surface area contributed by atoms with Crippen LogP contribution >= 0.6 is 11.6 Å². The van der Waals surface area contributed by atoms with Crippen molar-refractivity contribution >= 4 is 23.3 Å². The van der Waals surface area contributed by atoms with Crippen molar-refractivity contribution in [3.63, 3.8) is 0 Å². The number of carbonyl (C=O) groups excluding carboxylic acids is 1. The average Bonchev–Trinajstić information content (AvgIpc) is 3.56. The third-order valence-electron chi connectivity index (χ3n) is 7.26. The fraction of sp³-hybridized carbons (Fsp3) is 0.333. The smallest absolute Gasteiger partial charge is 0.239 e. The van der Waals surface area contributed by atoms with Crippen LogP contribution < -0.4 is 19.7 Å². The second kappa shape index (κ2) is 13.5. The van der Waals surface area contributed by atoms with Crippen LogP contribution in [0, 0.1) is 0 Å². The molecule has 0 aliphatic carbocycles.